The second kappa shape index (κ2) is 7.86. The number of aromatic nitrogens is 1. The molecule has 2 aromatic carbocycles. The molecule has 0 spiro atoms. The van der Waals surface area contributed by atoms with Crippen molar-refractivity contribution >= 4 is 22.4 Å². The molecule has 1 amide bonds. The van der Waals surface area contributed by atoms with Gasteiger partial charge >= 0.3 is 0 Å². The molecule has 1 fully saturated rings. The van der Waals surface area contributed by atoms with Crippen LogP contribution in [0.2, 0.25) is 0 Å². The number of rotatable bonds is 4. The van der Waals surface area contributed by atoms with Crippen LogP contribution in [-0.4, -0.2) is 49.1 Å². The van der Waals surface area contributed by atoms with Crippen molar-refractivity contribution < 1.29 is 9.53 Å². The number of hydrogen-bond donors (Lipinski definition) is 1. The lowest BCUT2D eigenvalue weighted by molar-refractivity contribution is 0.0779. The number of carbonyl (C=O) groups excluding carboxylic acids is 1. The molecule has 1 N–H and O–H groups in total. The number of ether oxygens (including phenoxy) is 1. The van der Waals surface area contributed by atoms with Crippen LogP contribution in [0.4, 0.5) is 5.69 Å². The molecular weight excluding hydrogens is 354 g/mol. The molecule has 6 heteroatoms. The second-order valence-electron chi connectivity index (χ2n) is 7.03. The fourth-order valence-electron chi connectivity index (χ4n) is 3.51. The summed E-state index contributed by atoms with van der Waals surface area (Å²) in [4.78, 5) is 31.6. The first-order valence-corrected chi connectivity index (χ1v) is 9.41. The highest BCUT2D eigenvalue weighted by Gasteiger charge is 2.15. The molecular formula is C22H23N3O3. The largest absolute Gasteiger partial charge is 0.378 e. The Morgan fingerprint density at radius 1 is 1.11 bits per heavy atom. The minimum atomic E-state index is -0.246. The molecule has 1 aliphatic heterocycles. The number of aromatic amines is 1. The average molecular weight is 377 g/mol. The van der Waals surface area contributed by atoms with Gasteiger partial charge in [0.25, 0.3) is 11.5 Å². The van der Waals surface area contributed by atoms with Gasteiger partial charge in [-0.2, -0.15) is 0 Å². The van der Waals surface area contributed by atoms with E-state index in [4.69, 9.17) is 4.74 Å². The highest BCUT2D eigenvalue weighted by atomic mass is 16.5. The lowest BCUT2D eigenvalue weighted by Gasteiger charge is -2.29. The molecule has 0 atom stereocenters. The van der Waals surface area contributed by atoms with Crippen LogP contribution in [-0.2, 0) is 11.3 Å². The smallest absolute Gasteiger partial charge is 0.270 e. The number of pyridine rings is 1. The zero-order valence-electron chi connectivity index (χ0n) is 15.9. The topological polar surface area (TPSA) is 65.6 Å². The molecule has 1 aliphatic rings. The number of morpholine rings is 1. The summed E-state index contributed by atoms with van der Waals surface area (Å²) < 4.78 is 5.39. The van der Waals surface area contributed by atoms with Gasteiger partial charge in [-0.15, -0.1) is 0 Å². The second-order valence-corrected chi connectivity index (χ2v) is 7.03. The van der Waals surface area contributed by atoms with Crippen LogP contribution >= 0.6 is 0 Å². The number of nitrogens with one attached hydrogen (secondary N) is 1. The highest BCUT2D eigenvalue weighted by molar-refractivity contribution is 5.96. The molecule has 6 nitrogen and oxygen atoms in total. The number of anilines is 1. The van der Waals surface area contributed by atoms with Crippen molar-refractivity contribution in [1.82, 2.24) is 9.88 Å². The zero-order chi connectivity index (χ0) is 19.5. The zero-order valence-corrected chi connectivity index (χ0v) is 15.9. The van der Waals surface area contributed by atoms with E-state index in [9.17, 15) is 9.59 Å². The number of H-pyrrole nitrogens is 1. The van der Waals surface area contributed by atoms with E-state index >= 15 is 0 Å². The summed E-state index contributed by atoms with van der Waals surface area (Å²) in [6.07, 6.45) is 0. The Labute approximate surface area is 163 Å². The Morgan fingerprint density at radius 2 is 1.82 bits per heavy atom. The van der Waals surface area contributed by atoms with E-state index < -0.39 is 0 Å². The molecule has 1 saturated heterocycles. The number of benzene rings is 2. The van der Waals surface area contributed by atoms with Gasteiger partial charge in [-0.25, -0.2) is 0 Å². The molecule has 28 heavy (non-hydrogen) atoms. The van der Waals surface area contributed by atoms with Crippen molar-refractivity contribution in [3.8, 4) is 0 Å². The Balaban J connectivity index is 1.48. The van der Waals surface area contributed by atoms with Gasteiger partial charge < -0.3 is 19.5 Å². The molecule has 0 unspecified atom stereocenters. The van der Waals surface area contributed by atoms with Crippen LogP contribution < -0.4 is 10.5 Å². The molecule has 4 rings (SSSR count). The van der Waals surface area contributed by atoms with Crippen LogP contribution in [0.5, 0.6) is 0 Å². The molecule has 0 bridgehead atoms. The lowest BCUT2D eigenvalue weighted by atomic mass is 10.1. The first-order valence-electron chi connectivity index (χ1n) is 9.41. The van der Waals surface area contributed by atoms with Crippen molar-refractivity contribution in [3.05, 3.63) is 76.2 Å². The van der Waals surface area contributed by atoms with E-state index in [1.54, 1.807) is 24.1 Å². The fourth-order valence-corrected chi connectivity index (χ4v) is 3.51. The van der Waals surface area contributed by atoms with Gasteiger partial charge in [-0.05, 0) is 35.2 Å². The Bertz CT molecular complexity index is 1040. The first kappa shape index (κ1) is 18.3. The maximum Gasteiger partial charge on any atom is 0.270 e. The van der Waals surface area contributed by atoms with E-state index in [-0.39, 0.29) is 11.5 Å². The predicted octanol–water partition coefficient (Wildman–Crippen LogP) is 2.64. The number of hydrogen-bond acceptors (Lipinski definition) is 4. The van der Waals surface area contributed by atoms with Crippen molar-refractivity contribution in [2.24, 2.45) is 0 Å². The number of carbonyl (C=O) groups is 1. The lowest BCUT2D eigenvalue weighted by Crippen LogP contribution is -2.36. The third kappa shape index (κ3) is 3.77. The molecule has 1 aromatic heterocycles. The number of nitrogens with zero attached hydrogens (tertiary/aromatic N) is 2. The normalized spacial score (nSPS) is 14.2. The third-order valence-corrected chi connectivity index (χ3v) is 5.06. The standard InChI is InChI=1S/C22H23N3O3/c1-24(15-16-6-8-18(9-7-16)25-10-12-28-13-11-25)22(27)20-14-17-4-2-3-5-19(17)21(26)23-20/h2-9,14H,10-13,15H2,1H3,(H,23,26). The minimum Gasteiger partial charge on any atom is -0.378 e. The summed E-state index contributed by atoms with van der Waals surface area (Å²) in [5.74, 6) is -0.208. The van der Waals surface area contributed by atoms with E-state index in [1.165, 1.54) is 5.69 Å². The first-order chi connectivity index (χ1) is 13.6. The summed E-state index contributed by atoms with van der Waals surface area (Å²) in [5.41, 5.74) is 2.26. The molecule has 144 valence electrons. The van der Waals surface area contributed by atoms with Gasteiger partial charge in [-0.3, -0.25) is 9.59 Å². The van der Waals surface area contributed by atoms with Crippen LogP contribution in [0.15, 0.2) is 59.4 Å². The van der Waals surface area contributed by atoms with E-state index in [0.29, 0.717) is 17.6 Å². The van der Waals surface area contributed by atoms with E-state index in [0.717, 1.165) is 37.3 Å². The van der Waals surface area contributed by atoms with Crippen molar-refractivity contribution in [3.63, 3.8) is 0 Å². The maximum absolute atomic E-state index is 12.8. The van der Waals surface area contributed by atoms with Gasteiger partial charge in [0.2, 0.25) is 0 Å². The number of fused-ring (bicyclic) bond motifs is 1. The van der Waals surface area contributed by atoms with Gasteiger partial charge in [0, 0.05) is 37.8 Å². The summed E-state index contributed by atoms with van der Waals surface area (Å²) >= 11 is 0. The van der Waals surface area contributed by atoms with Gasteiger partial charge in [-0.1, -0.05) is 30.3 Å². The monoisotopic (exact) mass is 377 g/mol. The van der Waals surface area contributed by atoms with Crippen molar-refractivity contribution in [2.45, 2.75) is 6.54 Å². The summed E-state index contributed by atoms with van der Waals surface area (Å²) in [7, 11) is 1.74. The van der Waals surface area contributed by atoms with Gasteiger partial charge in [0.1, 0.15) is 5.69 Å². The average Bonchev–Trinajstić information content (AvgIpc) is 2.74. The highest BCUT2D eigenvalue weighted by Crippen LogP contribution is 2.18. The van der Waals surface area contributed by atoms with Gasteiger partial charge in [0.15, 0.2) is 0 Å². The third-order valence-electron chi connectivity index (χ3n) is 5.06. The van der Waals surface area contributed by atoms with Crippen LogP contribution in [0.1, 0.15) is 16.1 Å². The number of amides is 1. The van der Waals surface area contributed by atoms with Gasteiger partial charge in [0.05, 0.1) is 13.2 Å². The Morgan fingerprint density at radius 3 is 2.57 bits per heavy atom. The van der Waals surface area contributed by atoms with E-state index in [2.05, 4.69) is 22.0 Å². The van der Waals surface area contributed by atoms with E-state index in [1.807, 2.05) is 30.3 Å². The van der Waals surface area contributed by atoms with Crippen LogP contribution in [0.3, 0.4) is 0 Å². The molecule has 0 aliphatic carbocycles. The van der Waals surface area contributed by atoms with Crippen LogP contribution in [0.25, 0.3) is 10.8 Å². The summed E-state index contributed by atoms with van der Waals surface area (Å²) in [6.45, 7) is 3.77. The predicted molar refractivity (Wildman–Crippen MR) is 110 cm³/mol. The Hall–Kier alpha value is -3.12. The quantitative estimate of drug-likeness (QED) is 0.759. The summed E-state index contributed by atoms with van der Waals surface area (Å²) in [5, 5.41) is 1.35. The SMILES string of the molecule is CN(Cc1ccc(N2CCOCC2)cc1)C(=O)c1cc2ccccc2c(=O)[nH]1. The maximum atomic E-state index is 12.8. The Kier molecular flexibility index (Phi) is 5.12. The van der Waals surface area contributed by atoms with Crippen molar-refractivity contribution in [2.75, 3.05) is 38.3 Å². The molecule has 0 radical (unpaired) electrons. The van der Waals surface area contributed by atoms with Crippen LogP contribution in [0, 0.1) is 0 Å². The summed E-state index contributed by atoms with van der Waals surface area (Å²) in [6, 6.07) is 17.2. The molecule has 3 aromatic rings. The minimum absolute atomic E-state index is 0.208. The van der Waals surface area contributed by atoms with Crippen molar-refractivity contribution in [1.29, 1.82) is 0 Å². The molecule has 2 heterocycles. The fraction of sp³-hybridized carbons (Fsp3) is 0.273. The molecule has 0 saturated carbocycles.